The van der Waals surface area contributed by atoms with E-state index in [1.54, 1.807) is 0 Å². The van der Waals surface area contributed by atoms with Gasteiger partial charge in [0, 0.05) is 0 Å². The molecule has 5 heteroatoms. The van der Waals surface area contributed by atoms with Crippen LogP contribution in [0.4, 0.5) is 0 Å². The van der Waals surface area contributed by atoms with Gasteiger partial charge in [0.25, 0.3) is 0 Å². The fraction of sp³-hybridized carbons (Fsp3) is 1.00. The van der Waals surface area contributed by atoms with Gasteiger partial charge in [-0.05, 0) is 0 Å². The van der Waals surface area contributed by atoms with Crippen molar-refractivity contribution < 1.29 is 9.71 Å². The first kappa shape index (κ1) is 16.6. The molecule has 4 nitrogen and oxygen atoms in total. The third-order valence-corrected chi connectivity index (χ3v) is 10.4. The Morgan fingerprint density at radius 3 is 1.35 bits per heavy atom. The second-order valence-corrected chi connectivity index (χ2v) is 10.7. The molecule has 0 rings (SSSR count). The van der Waals surface area contributed by atoms with Gasteiger partial charge in [-0.2, -0.15) is 0 Å². The van der Waals surface area contributed by atoms with Gasteiger partial charge in [-0.3, -0.25) is 0 Å². The molecule has 0 N–H and O–H groups in total. The van der Waals surface area contributed by atoms with Crippen LogP contribution in [0.2, 0.25) is 0 Å². The Hall–Kier alpha value is -0.370. The molecule has 0 radical (unpaired) electrons. The Labute approximate surface area is 105 Å². The van der Waals surface area contributed by atoms with Gasteiger partial charge in [0.05, 0.1) is 0 Å². The fourth-order valence-electron chi connectivity index (χ4n) is 3.29. The molecule has 0 aromatic rings. The van der Waals surface area contributed by atoms with E-state index < -0.39 is 11.9 Å². The van der Waals surface area contributed by atoms with Crippen molar-refractivity contribution in [2.24, 2.45) is 0 Å². The predicted molar refractivity (Wildman–Crippen MR) is 75.6 cm³/mol. The molecule has 0 saturated heterocycles. The summed E-state index contributed by atoms with van der Waals surface area (Å²) >= 11 is 0. The van der Waals surface area contributed by atoms with Crippen LogP contribution >= 0.6 is 6.83 Å². The molecule has 0 bridgehead atoms. The summed E-state index contributed by atoms with van der Waals surface area (Å²) in [6, 6.07) is 0. The summed E-state index contributed by atoms with van der Waals surface area (Å²) < 4.78 is 5.44. The zero-order valence-electron chi connectivity index (χ0n) is 11.8. The van der Waals surface area contributed by atoms with Crippen molar-refractivity contribution in [3.63, 3.8) is 0 Å². The number of rotatable bonds is 10. The summed E-state index contributed by atoms with van der Waals surface area (Å²) in [4.78, 5) is 10.9. The van der Waals surface area contributed by atoms with Crippen molar-refractivity contribution in [1.82, 2.24) is 0 Å². The average Bonchev–Trinajstić information content (AvgIpc) is 2.17. The molecule has 0 aliphatic heterocycles. The van der Waals surface area contributed by atoms with Crippen molar-refractivity contribution >= 4 is 6.83 Å². The predicted octanol–water partition coefficient (Wildman–Crippen LogP) is 4.30. The minimum atomic E-state index is -2.59. The molecule has 0 aromatic carbocycles. The van der Waals surface area contributed by atoms with E-state index in [4.69, 9.17) is 4.62 Å². The molecule has 0 aliphatic carbocycles. The number of nitrogens with zero attached hydrogens (tertiary/aromatic N) is 1. The van der Waals surface area contributed by atoms with Crippen LogP contribution in [0.1, 0.15) is 53.4 Å². The molecule has 0 heterocycles. The van der Waals surface area contributed by atoms with Crippen molar-refractivity contribution in [1.29, 1.82) is 0 Å². The molecule has 0 aromatic heterocycles. The van der Waals surface area contributed by atoms with Crippen LogP contribution < -0.4 is 0 Å². The molecule has 0 unspecified atom stereocenters. The summed E-state index contributed by atoms with van der Waals surface area (Å²) in [5.41, 5.74) is 0. The molecule has 0 atom stereocenters. The molecule has 0 spiro atoms. The van der Waals surface area contributed by atoms with Crippen molar-refractivity contribution in [3.05, 3.63) is 10.1 Å². The van der Waals surface area contributed by atoms with E-state index in [0.29, 0.717) is 0 Å². The normalized spacial score (nSPS) is 14.0. The van der Waals surface area contributed by atoms with Crippen LogP contribution in [-0.2, 0) is 4.62 Å². The zero-order valence-corrected chi connectivity index (χ0v) is 12.7. The molecule has 17 heavy (non-hydrogen) atoms. The molecule has 0 fully saturated rings. The number of hydrogen-bond donors (Lipinski definition) is 0. The van der Waals surface area contributed by atoms with E-state index in [9.17, 15) is 10.1 Å². The van der Waals surface area contributed by atoms with Crippen LogP contribution in [0, 0.1) is 10.1 Å². The van der Waals surface area contributed by atoms with Crippen LogP contribution in [0.25, 0.3) is 0 Å². The monoisotopic (exact) mass is 265 g/mol. The van der Waals surface area contributed by atoms with Gasteiger partial charge in [-0.1, -0.05) is 0 Å². The number of hydrogen-bond acceptors (Lipinski definition) is 3. The molecule has 0 amide bonds. The maximum atomic E-state index is 10.9. The Balaban J connectivity index is 5.33. The van der Waals surface area contributed by atoms with Gasteiger partial charge in [0.15, 0.2) is 0 Å². The van der Waals surface area contributed by atoms with Gasteiger partial charge >= 0.3 is 105 Å². The second kappa shape index (κ2) is 7.15. The third-order valence-electron chi connectivity index (χ3n) is 3.45. The Morgan fingerprint density at radius 1 is 0.882 bits per heavy atom. The molecule has 104 valence electrons. The molecule has 0 saturated carbocycles. The van der Waals surface area contributed by atoms with E-state index in [2.05, 4.69) is 27.7 Å². The van der Waals surface area contributed by atoms with E-state index in [0.717, 1.165) is 50.3 Å². The van der Waals surface area contributed by atoms with Crippen LogP contribution in [0.15, 0.2) is 0 Å². The quantitative estimate of drug-likeness (QED) is 0.336. The van der Waals surface area contributed by atoms with Crippen LogP contribution in [0.3, 0.4) is 0 Å². The first-order chi connectivity index (χ1) is 7.97. The summed E-state index contributed by atoms with van der Waals surface area (Å²) in [5, 5.41) is 10.4. The van der Waals surface area contributed by atoms with E-state index in [-0.39, 0.29) is 0 Å². The van der Waals surface area contributed by atoms with Gasteiger partial charge < -0.3 is 0 Å². The van der Waals surface area contributed by atoms with E-state index in [1.165, 1.54) is 0 Å². The third kappa shape index (κ3) is 4.42. The first-order valence-electron chi connectivity index (χ1n) is 6.82. The maximum absolute atomic E-state index is 10.9. The molecular weight excluding hydrogens is 237 g/mol. The Bertz CT molecular complexity index is 210. The topological polar surface area (TPSA) is 52.4 Å². The van der Waals surface area contributed by atoms with E-state index in [1.807, 2.05) is 0 Å². The first-order valence-corrected chi connectivity index (χ1v) is 9.72. The zero-order chi connectivity index (χ0) is 13.4. The molecule has 0 aliphatic rings. The van der Waals surface area contributed by atoms with Gasteiger partial charge in [-0.15, -0.1) is 0 Å². The van der Waals surface area contributed by atoms with Crippen molar-refractivity contribution in [2.45, 2.75) is 53.4 Å². The van der Waals surface area contributed by atoms with E-state index >= 15 is 0 Å². The van der Waals surface area contributed by atoms with Gasteiger partial charge in [0.2, 0.25) is 0 Å². The molecular formula is C12H28NO3P. The minimum absolute atomic E-state index is 0.519. The average molecular weight is 265 g/mol. The second-order valence-electron chi connectivity index (χ2n) is 5.06. The van der Waals surface area contributed by atoms with Crippen LogP contribution in [0.5, 0.6) is 0 Å². The summed E-state index contributed by atoms with van der Waals surface area (Å²) in [6.45, 7) is 5.82. The van der Waals surface area contributed by atoms with Crippen molar-refractivity contribution in [3.8, 4) is 0 Å². The SMILES string of the molecule is CCCP(CCC)(CCC)(CCC)O[N+](=O)[O-]. The Kier molecular flexibility index (Phi) is 6.99. The summed E-state index contributed by atoms with van der Waals surface area (Å²) in [5.74, 6) is 0. The van der Waals surface area contributed by atoms with Crippen molar-refractivity contribution in [2.75, 3.05) is 24.6 Å². The van der Waals surface area contributed by atoms with Crippen LogP contribution in [-0.4, -0.2) is 29.7 Å². The summed E-state index contributed by atoms with van der Waals surface area (Å²) in [7, 11) is 0. The standard InChI is InChI=1S/C12H28NO3P/c1-5-9-17(10-6-2,11-7-3,12-8-4)16-13(14)15/h5-12H2,1-4H3. The fourth-order valence-corrected chi connectivity index (χ4v) is 9.86. The Morgan fingerprint density at radius 2 is 1.18 bits per heavy atom. The van der Waals surface area contributed by atoms with Gasteiger partial charge in [0.1, 0.15) is 0 Å². The summed E-state index contributed by atoms with van der Waals surface area (Å²) in [6.07, 6.45) is 7.53. The van der Waals surface area contributed by atoms with Gasteiger partial charge in [-0.25, -0.2) is 0 Å².